The van der Waals surface area contributed by atoms with E-state index in [0.29, 0.717) is 30.6 Å². The van der Waals surface area contributed by atoms with Gasteiger partial charge < -0.3 is 24.4 Å². The number of methoxy groups -OCH3 is 1. The van der Waals surface area contributed by atoms with Crippen LogP contribution in [0.2, 0.25) is 0 Å². The Bertz CT molecular complexity index is 1350. The van der Waals surface area contributed by atoms with E-state index in [-0.39, 0.29) is 24.4 Å². The van der Waals surface area contributed by atoms with Crippen LogP contribution < -0.4 is 10.6 Å². The Balaban J connectivity index is 1.57. The van der Waals surface area contributed by atoms with Crippen LogP contribution in [0.25, 0.3) is 0 Å². The molecule has 3 N–H and O–H groups in total. The Kier molecular flexibility index (Phi) is 11.1. The number of alkyl carbamates (subject to hydrolysis) is 1. The largest absolute Gasteiger partial charge is 0.464 e. The number of nitrogens with zero attached hydrogens (tertiary/aromatic N) is 1. The van der Waals surface area contributed by atoms with E-state index in [1.54, 1.807) is 62.9 Å². The van der Waals surface area contributed by atoms with Crippen molar-refractivity contribution in [1.82, 2.24) is 10.2 Å². The van der Waals surface area contributed by atoms with E-state index in [2.05, 4.69) is 22.5 Å². The molecule has 0 aliphatic carbocycles. The summed E-state index contributed by atoms with van der Waals surface area (Å²) in [6.07, 6.45) is -0.0231. The van der Waals surface area contributed by atoms with Gasteiger partial charge in [-0.15, -0.1) is 0 Å². The van der Waals surface area contributed by atoms with Crippen LogP contribution in [0.3, 0.4) is 0 Å². The summed E-state index contributed by atoms with van der Waals surface area (Å²) < 4.78 is 15.8. The van der Waals surface area contributed by atoms with Crippen LogP contribution in [0.4, 0.5) is 10.5 Å². The first-order valence-electron chi connectivity index (χ1n) is 14.0. The first-order valence-corrected chi connectivity index (χ1v) is 14.0. The lowest BCUT2D eigenvalue weighted by Gasteiger charge is -2.30. The topological polar surface area (TPSA) is 130 Å². The molecule has 1 fully saturated rings. The van der Waals surface area contributed by atoms with Crippen LogP contribution in [-0.4, -0.2) is 73.3 Å². The maximum absolute atomic E-state index is 13.4. The molecule has 2 aromatic rings. The molecule has 1 saturated heterocycles. The van der Waals surface area contributed by atoms with Gasteiger partial charge in [0, 0.05) is 36.0 Å². The summed E-state index contributed by atoms with van der Waals surface area (Å²) in [6.45, 7) is 10.1. The van der Waals surface area contributed by atoms with E-state index in [1.807, 2.05) is 19.1 Å². The van der Waals surface area contributed by atoms with E-state index in [4.69, 9.17) is 19.6 Å². The summed E-state index contributed by atoms with van der Waals surface area (Å²) in [5.74, 6) is 5.55. The average molecular weight is 577 g/mol. The molecule has 0 saturated carbocycles. The molecule has 0 bridgehead atoms. The Morgan fingerprint density at radius 2 is 1.86 bits per heavy atom. The van der Waals surface area contributed by atoms with Crippen molar-refractivity contribution >= 4 is 29.5 Å². The number of carbonyl (C=O) groups excluding carboxylic acids is 3. The fourth-order valence-electron chi connectivity index (χ4n) is 4.66. The Labute approximate surface area is 247 Å². The molecule has 10 heteroatoms. The smallest absolute Gasteiger partial charge is 0.413 e. The average Bonchev–Trinajstić information content (AvgIpc) is 3.40. The zero-order chi connectivity index (χ0) is 30.9. The van der Waals surface area contributed by atoms with Crippen LogP contribution >= 0.6 is 0 Å². The zero-order valence-corrected chi connectivity index (χ0v) is 25.1. The number of hydrogen-bond acceptors (Lipinski definition) is 8. The van der Waals surface area contributed by atoms with Gasteiger partial charge in [-0.05, 0) is 95.5 Å². The van der Waals surface area contributed by atoms with Gasteiger partial charge in [-0.1, -0.05) is 11.8 Å². The first kappa shape index (κ1) is 32.2. The molecule has 2 atom stereocenters. The molecule has 3 rings (SSSR count). The number of hydrogen-bond donors (Lipinski definition) is 3. The first-order chi connectivity index (χ1) is 19.9. The Morgan fingerprint density at radius 3 is 2.48 bits per heavy atom. The van der Waals surface area contributed by atoms with E-state index in [1.165, 1.54) is 7.11 Å². The minimum atomic E-state index is -0.813. The second kappa shape index (κ2) is 14.5. The molecular weight excluding hydrogens is 536 g/mol. The lowest BCUT2D eigenvalue weighted by atomic mass is 10.0. The molecule has 2 aromatic carbocycles. The lowest BCUT2D eigenvalue weighted by Crippen LogP contribution is -2.47. The van der Waals surface area contributed by atoms with Gasteiger partial charge in [-0.2, -0.15) is 0 Å². The normalized spacial score (nSPS) is 15.2. The van der Waals surface area contributed by atoms with E-state index < -0.39 is 23.8 Å². The van der Waals surface area contributed by atoms with Crippen molar-refractivity contribution in [2.75, 3.05) is 32.1 Å². The Morgan fingerprint density at radius 1 is 1.14 bits per heavy atom. The van der Waals surface area contributed by atoms with Gasteiger partial charge >= 0.3 is 12.1 Å². The van der Waals surface area contributed by atoms with Gasteiger partial charge in [0.1, 0.15) is 11.4 Å². The predicted octanol–water partition coefficient (Wildman–Crippen LogP) is 4.49. The monoisotopic (exact) mass is 576 g/mol. The predicted molar refractivity (Wildman–Crippen MR) is 161 cm³/mol. The number of benzene rings is 2. The minimum Gasteiger partial charge on any atom is -0.464 e. The highest BCUT2D eigenvalue weighted by molar-refractivity contribution is 6.04. The summed E-state index contributed by atoms with van der Waals surface area (Å²) in [7, 11) is 1.46. The summed E-state index contributed by atoms with van der Waals surface area (Å²) in [5.41, 5.74) is 2.86. The Hall–Kier alpha value is -4.36. The molecule has 42 heavy (non-hydrogen) atoms. The fraction of sp³-hybridized carbons (Fsp3) is 0.438. The van der Waals surface area contributed by atoms with Crippen LogP contribution in [0, 0.1) is 24.2 Å². The lowest BCUT2D eigenvalue weighted by molar-refractivity contribution is -0.158. The number of rotatable bonds is 8. The molecule has 2 amide bonds. The third kappa shape index (κ3) is 8.82. The number of carbonyl (C=O) groups is 3. The quantitative estimate of drug-likeness (QED) is 0.183. The number of aryl methyl sites for hydroxylation is 1. The van der Waals surface area contributed by atoms with Gasteiger partial charge in [0.15, 0.2) is 6.10 Å². The summed E-state index contributed by atoms with van der Waals surface area (Å²) >= 11 is 0. The summed E-state index contributed by atoms with van der Waals surface area (Å²) in [6, 6.07) is 12.1. The van der Waals surface area contributed by atoms with Gasteiger partial charge in [-0.3, -0.25) is 15.5 Å². The molecule has 2 unspecified atom stereocenters. The fourth-order valence-corrected chi connectivity index (χ4v) is 4.66. The highest BCUT2D eigenvalue weighted by atomic mass is 16.6. The number of nitrogens with one attached hydrogen (secondary N) is 3. The molecule has 1 aliphatic heterocycles. The highest BCUT2D eigenvalue weighted by Crippen LogP contribution is 2.26. The van der Waals surface area contributed by atoms with Crippen LogP contribution in [0.5, 0.6) is 0 Å². The molecule has 0 radical (unpaired) electrons. The molecule has 0 spiro atoms. The maximum atomic E-state index is 13.4. The van der Waals surface area contributed by atoms with Crippen molar-refractivity contribution in [2.24, 2.45) is 0 Å². The van der Waals surface area contributed by atoms with E-state index in [0.717, 1.165) is 23.2 Å². The molecule has 1 heterocycles. The highest BCUT2D eigenvalue weighted by Gasteiger charge is 2.40. The SMILES string of the molecule is CCOC(=O)C(OC)C1CCCN1C(=O)c1ccc(C#CCNc2ccc(C(=N)NC(=O)OC(C)(C)C)cc2)cc1C. The molecule has 0 aromatic heterocycles. The van der Waals surface area contributed by atoms with E-state index >= 15 is 0 Å². The van der Waals surface area contributed by atoms with Gasteiger partial charge in [-0.25, -0.2) is 9.59 Å². The number of amidine groups is 1. The standard InChI is InChI=1S/C32H40N4O6/c1-7-41-30(38)27(40-6)26-11-9-19-36(26)29(37)25-17-12-22(20-21(25)2)10-8-18-34-24-15-13-23(14-16-24)28(33)35-31(39)42-32(3,4)5/h12-17,20,26-27,34H,7,9,11,18-19H2,1-6H3,(H2,33,35,39). The second-order valence-corrected chi connectivity index (χ2v) is 10.9. The summed E-state index contributed by atoms with van der Waals surface area (Å²) in [5, 5.41) is 13.7. The van der Waals surface area contributed by atoms with Crippen molar-refractivity contribution in [2.45, 2.75) is 65.2 Å². The molecular formula is C32H40N4O6. The van der Waals surface area contributed by atoms with Crippen molar-refractivity contribution in [1.29, 1.82) is 5.41 Å². The second-order valence-electron chi connectivity index (χ2n) is 10.9. The summed E-state index contributed by atoms with van der Waals surface area (Å²) in [4.78, 5) is 39.4. The van der Waals surface area contributed by atoms with Gasteiger partial charge in [0.25, 0.3) is 5.91 Å². The third-order valence-corrected chi connectivity index (χ3v) is 6.55. The van der Waals surface area contributed by atoms with Crippen molar-refractivity contribution in [3.63, 3.8) is 0 Å². The minimum absolute atomic E-state index is 0.0503. The zero-order valence-electron chi connectivity index (χ0n) is 25.1. The number of anilines is 1. The van der Waals surface area contributed by atoms with Crippen LogP contribution in [-0.2, 0) is 19.0 Å². The van der Waals surface area contributed by atoms with Gasteiger partial charge in [0.05, 0.1) is 19.2 Å². The van der Waals surface area contributed by atoms with Crippen molar-refractivity contribution in [3.05, 3.63) is 64.7 Å². The van der Waals surface area contributed by atoms with Crippen molar-refractivity contribution in [3.8, 4) is 11.8 Å². The van der Waals surface area contributed by atoms with Crippen LogP contribution in [0.1, 0.15) is 67.6 Å². The number of ether oxygens (including phenoxy) is 3. The number of esters is 1. The number of amides is 2. The maximum Gasteiger partial charge on any atom is 0.413 e. The van der Waals surface area contributed by atoms with Gasteiger partial charge in [0.2, 0.25) is 0 Å². The molecule has 1 aliphatic rings. The molecule has 10 nitrogen and oxygen atoms in total. The van der Waals surface area contributed by atoms with E-state index in [9.17, 15) is 14.4 Å². The third-order valence-electron chi connectivity index (χ3n) is 6.55. The van der Waals surface area contributed by atoms with Crippen molar-refractivity contribution < 1.29 is 28.6 Å². The number of likely N-dealkylation sites (tertiary alicyclic amines) is 1. The molecule has 224 valence electrons. The van der Waals surface area contributed by atoms with Crippen LogP contribution in [0.15, 0.2) is 42.5 Å².